The number of rotatable bonds is 7. The van der Waals surface area contributed by atoms with E-state index in [4.69, 9.17) is 4.74 Å². The fourth-order valence-electron chi connectivity index (χ4n) is 3.15. The van der Waals surface area contributed by atoms with Gasteiger partial charge in [-0.25, -0.2) is 0 Å². The second kappa shape index (κ2) is 9.59. The number of carbonyl (C=O) groups excluding carboxylic acids is 1. The first-order chi connectivity index (χ1) is 15.2. The molecule has 5 heteroatoms. The minimum Gasteiger partial charge on any atom is -0.456 e. The highest BCUT2D eigenvalue weighted by Gasteiger charge is 2.08. The van der Waals surface area contributed by atoms with Gasteiger partial charge >= 0.3 is 0 Å². The molecule has 0 bridgehead atoms. The van der Waals surface area contributed by atoms with Crippen molar-refractivity contribution in [3.05, 3.63) is 115 Å². The van der Waals surface area contributed by atoms with Crippen molar-refractivity contribution in [2.45, 2.75) is 13.0 Å². The molecular formula is C26H23N3O2. The summed E-state index contributed by atoms with van der Waals surface area (Å²) in [6.07, 6.45) is 3.33. The minimum absolute atomic E-state index is 0.175. The molecule has 0 radical (unpaired) electrons. The van der Waals surface area contributed by atoms with E-state index in [1.807, 2.05) is 48.5 Å². The highest BCUT2D eigenvalue weighted by atomic mass is 16.5. The molecule has 4 aromatic rings. The summed E-state index contributed by atoms with van der Waals surface area (Å²) in [6.45, 7) is 2.12. The van der Waals surface area contributed by atoms with E-state index < -0.39 is 0 Å². The van der Waals surface area contributed by atoms with Crippen molar-refractivity contribution in [1.29, 1.82) is 0 Å². The molecule has 1 aromatic heterocycles. The molecule has 0 aliphatic rings. The van der Waals surface area contributed by atoms with Gasteiger partial charge in [-0.15, -0.1) is 0 Å². The van der Waals surface area contributed by atoms with Crippen molar-refractivity contribution >= 4 is 17.3 Å². The number of ether oxygens (including phenoxy) is 1. The van der Waals surface area contributed by atoms with Crippen molar-refractivity contribution in [3.63, 3.8) is 0 Å². The quantitative estimate of drug-likeness (QED) is 0.376. The highest BCUT2D eigenvalue weighted by Crippen LogP contribution is 2.23. The van der Waals surface area contributed by atoms with Crippen LogP contribution < -0.4 is 15.4 Å². The van der Waals surface area contributed by atoms with Crippen LogP contribution in [0, 0.1) is 0 Å². The van der Waals surface area contributed by atoms with E-state index in [1.165, 1.54) is 5.56 Å². The summed E-state index contributed by atoms with van der Waals surface area (Å²) in [5.74, 6) is 1.12. The highest BCUT2D eigenvalue weighted by molar-refractivity contribution is 6.04. The summed E-state index contributed by atoms with van der Waals surface area (Å²) in [5, 5.41) is 6.39. The number of hydrogen-bond donors (Lipinski definition) is 2. The number of hydrogen-bond acceptors (Lipinski definition) is 4. The van der Waals surface area contributed by atoms with Crippen molar-refractivity contribution in [3.8, 4) is 11.5 Å². The number of amides is 1. The number of pyridine rings is 1. The predicted molar refractivity (Wildman–Crippen MR) is 124 cm³/mol. The van der Waals surface area contributed by atoms with E-state index >= 15 is 0 Å². The Balaban J connectivity index is 1.34. The first-order valence-corrected chi connectivity index (χ1v) is 10.1. The van der Waals surface area contributed by atoms with Gasteiger partial charge in [-0.1, -0.05) is 30.3 Å². The van der Waals surface area contributed by atoms with Crippen LogP contribution in [0.2, 0.25) is 0 Å². The number of benzene rings is 3. The van der Waals surface area contributed by atoms with E-state index in [2.05, 4.69) is 34.7 Å². The molecule has 0 aliphatic carbocycles. The van der Waals surface area contributed by atoms with Crippen LogP contribution in [0.15, 0.2) is 103 Å². The van der Waals surface area contributed by atoms with Gasteiger partial charge in [-0.3, -0.25) is 9.78 Å². The van der Waals surface area contributed by atoms with Gasteiger partial charge in [0.2, 0.25) is 0 Å². The Bertz CT molecular complexity index is 1110. The van der Waals surface area contributed by atoms with Gasteiger partial charge < -0.3 is 15.4 Å². The maximum atomic E-state index is 12.6. The predicted octanol–water partition coefficient (Wildman–Crippen LogP) is 6.30. The van der Waals surface area contributed by atoms with Crippen LogP contribution in [0.5, 0.6) is 11.5 Å². The van der Waals surface area contributed by atoms with Gasteiger partial charge in [0.05, 0.1) is 6.20 Å². The fourth-order valence-corrected chi connectivity index (χ4v) is 3.15. The van der Waals surface area contributed by atoms with Gasteiger partial charge in [0.25, 0.3) is 5.91 Å². The number of nitrogens with one attached hydrogen (secondary N) is 2. The molecule has 2 N–H and O–H groups in total. The molecule has 4 rings (SSSR count). The van der Waals surface area contributed by atoms with Crippen LogP contribution in [0.4, 0.5) is 11.4 Å². The Labute approximate surface area is 181 Å². The average Bonchev–Trinajstić information content (AvgIpc) is 2.82. The summed E-state index contributed by atoms with van der Waals surface area (Å²) >= 11 is 0. The molecule has 0 aliphatic heterocycles. The van der Waals surface area contributed by atoms with E-state index in [0.29, 0.717) is 17.1 Å². The zero-order chi connectivity index (χ0) is 21.5. The molecule has 0 saturated carbocycles. The molecule has 0 saturated heterocycles. The molecule has 1 unspecified atom stereocenters. The first-order valence-electron chi connectivity index (χ1n) is 10.1. The third-order valence-corrected chi connectivity index (χ3v) is 4.81. The molecule has 1 atom stereocenters. The van der Waals surface area contributed by atoms with Crippen molar-refractivity contribution < 1.29 is 9.53 Å². The monoisotopic (exact) mass is 409 g/mol. The minimum atomic E-state index is -0.175. The average molecular weight is 409 g/mol. The van der Waals surface area contributed by atoms with Crippen molar-refractivity contribution in [1.82, 2.24) is 4.98 Å². The lowest BCUT2D eigenvalue weighted by molar-refractivity contribution is 0.102. The standard InChI is InChI=1S/C26H23N3O2/c1-19(20-6-3-2-4-7-20)28-22-11-13-23(14-12-22)29-26(30)21-9-15-24(16-10-21)31-25-8-5-17-27-18-25/h2-19,28H,1H3,(H,29,30). The number of nitrogens with zero attached hydrogens (tertiary/aromatic N) is 1. The van der Waals surface area contributed by atoms with E-state index in [-0.39, 0.29) is 11.9 Å². The second-order valence-electron chi connectivity index (χ2n) is 7.12. The zero-order valence-corrected chi connectivity index (χ0v) is 17.2. The van der Waals surface area contributed by atoms with E-state index in [1.54, 1.807) is 42.7 Å². The normalized spacial score (nSPS) is 11.4. The lowest BCUT2D eigenvalue weighted by atomic mass is 10.1. The number of anilines is 2. The fraction of sp³-hybridized carbons (Fsp3) is 0.0769. The van der Waals surface area contributed by atoms with Crippen LogP contribution in [-0.4, -0.2) is 10.9 Å². The van der Waals surface area contributed by atoms with Crippen LogP contribution in [0.25, 0.3) is 0 Å². The lowest BCUT2D eigenvalue weighted by Gasteiger charge is -2.16. The largest absolute Gasteiger partial charge is 0.456 e. The maximum Gasteiger partial charge on any atom is 0.255 e. The summed E-state index contributed by atoms with van der Waals surface area (Å²) in [5.41, 5.74) is 3.50. The smallest absolute Gasteiger partial charge is 0.255 e. The third kappa shape index (κ3) is 5.48. The molecular weight excluding hydrogens is 386 g/mol. The summed E-state index contributed by atoms with van der Waals surface area (Å²) in [6, 6.07) is 28.8. The van der Waals surface area contributed by atoms with E-state index in [9.17, 15) is 4.79 Å². The SMILES string of the molecule is CC(Nc1ccc(NC(=O)c2ccc(Oc3cccnc3)cc2)cc1)c1ccccc1. The molecule has 1 heterocycles. The Kier molecular flexibility index (Phi) is 6.24. The van der Waals surface area contributed by atoms with Gasteiger partial charge in [0, 0.05) is 29.2 Å². The molecule has 5 nitrogen and oxygen atoms in total. The molecule has 31 heavy (non-hydrogen) atoms. The van der Waals surface area contributed by atoms with Crippen LogP contribution >= 0.6 is 0 Å². The van der Waals surface area contributed by atoms with Crippen LogP contribution in [0.3, 0.4) is 0 Å². The molecule has 0 spiro atoms. The van der Waals surface area contributed by atoms with Gasteiger partial charge in [0.15, 0.2) is 0 Å². The summed E-state index contributed by atoms with van der Waals surface area (Å²) in [4.78, 5) is 16.6. The van der Waals surface area contributed by atoms with Gasteiger partial charge in [0.1, 0.15) is 11.5 Å². The number of aromatic nitrogens is 1. The lowest BCUT2D eigenvalue weighted by Crippen LogP contribution is -2.12. The molecule has 3 aromatic carbocycles. The Hall–Kier alpha value is -4.12. The number of carbonyl (C=O) groups is 1. The van der Waals surface area contributed by atoms with E-state index in [0.717, 1.165) is 11.4 Å². The maximum absolute atomic E-state index is 12.6. The summed E-state index contributed by atoms with van der Waals surface area (Å²) in [7, 11) is 0. The second-order valence-corrected chi connectivity index (χ2v) is 7.12. The Morgan fingerprint density at radius 3 is 2.19 bits per heavy atom. The first kappa shape index (κ1) is 20.2. The molecule has 154 valence electrons. The summed E-state index contributed by atoms with van der Waals surface area (Å²) < 4.78 is 5.71. The van der Waals surface area contributed by atoms with Gasteiger partial charge in [-0.2, -0.15) is 0 Å². The van der Waals surface area contributed by atoms with Gasteiger partial charge in [-0.05, 0) is 73.2 Å². The third-order valence-electron chi connectivity index (χ3n) is 4.81. The molecule has 0 fully saturated rings. The van der Waals surface area contributed by atoms with Crippen molar-refractivity contribution in [2.24, 2.45) is 0 Å². The topological polar surface area (TPSA) is 63.2 Å². The Morgan fingerprint density at radius 1 is 0.806 bits per heavy atom. The zero-order valence-electron chi connectivity index (χ0n) is 17.2. The van der Waals surface area contributed by atoms with Crippen LogP contribution in [0.1, 0.15) is 28.9 Å². The van der Waals surface area contributed by atoms with Crippen LogP contribution in [-0.2, 0) is 0 Å². The van der Waals surface area contributed by atoms with Crippen molar-refractivity contribution in [2.75, 3.05) is 10.6 Å². The Morgan fingerprint density at radius 2 is 1.52 bits per heavy atom. The molecule has 1 amide bonds.